The van der Waals surface area contributed by atoms with Gasteiger partial charge in [0, 0.05) is 12.0 Å². The molecule has 2 bridgehead atoms. The summed E-state index contributed by atoms with van der Waals surface area (Å²) in [6.45, 7) is 3.37. The van der Waals surface area contributed by atoms with Crippen LogP contribution in [0, 0.1) is 5.41 Å². The zero-order valence-electron chi connectivity index (χ0n) is 7.18. The third kappa shape index (κ3) is 1.23. The molecule has 2 rings (SSSR count). The number of halogens is 1. The number of Topliss-reactive ketones (excluding diaryl/α,β-unsaturated/α-hetero) is 1. The molecule has 2 saturated heterocycles. The number of carbonyl (C=O) groups is 1. The summed E-state index contributed by atoms with van der Waals surface area (Å²) >= 11 is 3.28. The molecule has 2 aliphatic rings. The number of fused-ring (bicyclic) bond motifs is 2. The minimum Gasteiger partial charge on any atom is -0.302 e. The summed E-state index contributed by atoms with van der Waals surface area (Å²) in [7, 11) is 0. The number of carbonyl (C=O) groups excluding carboxylic acids is 1. The maximum atomic E-state index is 11.7. The van der Waals surface area contributed by atoms with Crippen molar-refractivity contribution in [2.75, 3.05) is 25.0 Å². The van der Waals surface area contributed by atoms with E-state index < -0.39 is 0 Å². The van der Waals surface area contributed by atoms with Crippen molar-refractivity contribution in [2.24, 2.45) is 5.41 Å². The van der Waals surface area contributed by atoms with Crippen molar-refractivity contribution < 1.29 is 4.79 Å². The molecule has 12 heavy (non-hydrogen) atoms. The maximum absolute atomic E-state index is 11.7. The first-order valence-electron chi connectivity index (χ1n) is 4.58. The molecule has 2 heterocycles. The topological polar surface area (TPSA) is 20.3 Å². The summed E-state index contributed by atoms with van der Waals surface area (Å²) in [5.74, 6) is 0.421. The van der Waals surface area contributed by atoms with Crippen LogP contribution < -0.4 is 0 Å². The lowest BCUT2D eigenvalue weighted by molar-refractivity contribution is -0.126. The number of piperidine rings is 1. The molecule has 68 valence electrons. The Hall–Kier alpha value is 0.110. The Morgan fingerprint density at radius 1 is 1.42 bits per heavy atom. The molecule has 2 nitrogen and oxygen atoms in total. The fourth-order valence-electron chi connectivity index (χ4n) is 2.50. The molecule has 0 saturated carbocycles. The molecule has 0 aromatic carbocycles. The summed E-state index contributed by atoms with van der Waals surface area (Å²) in [4.78, 5) is 14.1. The number of nitrogens with zero attached hydrogens (tertiary/aromatic N) is 1. The van der Waals surface area contributed by atoms with Crippen LogP contribution in [-0.4, -0.2) is 35.6 Å². The van der Waals surface area contributed by atoms with Gasteiger partial charge in [0.05, 0.1) is 5.33 Å². The second kappa shape index (κ2) is 3.11. The highest BCUT2D eigenvalue weighted by Gasteiger charge is 2.45. The largest absolute Gasteiger partial charge is 0.302 e. The molecule has 2 aliphatic heterocycles. The quantitative estimate of drug-likeness (QED) is 0.671. The van der Waals surface area contributed by atoms with E-state index >= 15 is 0 Å². The van der Waals surface area contributed by atoms with E-state index in [1.165, 1.54) is 13.0 Å². The van der Waals surface area contributed by atoms with Crippen LogP contribution in [0.2, 0.25) is 0 Å². The van der Waals surface area contributed by atoms with Gasteiger partial charge in [0.25, 0.3) is 0 Å². The molecule has 0 amide bonds. The average Bonchev–Trinajstić information content (AvgIpc) is 2.42. The van der Waals surface area contributed by atoms with Crippen LogP contribution >= 0.6 is 15.9 Å². The van der Waals surface area contributed by atoms with Crippen molar-refractivity contribution in [1.29, 1.82) is 0 Å². The lowest BCUT2D eigenvalue weighted by atomic mass is 9.78. The molecular formula is C9H14BrNO. The molecule has 3 heteroatoms. The Morgan fingerprint density at radius 3 is 3.00 bits per heavy atom. The monoisotopic (exact) mass is 231 g/mol. The van der Waals surface area contributed by atoms with Crippen LogP contribution in [0.25, 0.3) is 0 Å². The zero-order chi connectivity index (χ0) is 8.60. The van der Waals surface area contributed by atoms with Gasteiger partial charge in [-0.25, -0.2) is 0 Å². The molecule has 0 aliphatic carbocycles. The predicted molar refractivity (Wildman–Crippen MR) is 51.5 cm³/mol. The summed E-state index contributed by atoms with van der Waals surface area (Å²) in [6, 6.07) is 0. The third-order valence-corrected chi connectivity index (χ3v) is 3.78. The van der Waals surface area contributed by atoms with Gasteiger partial charge in [0.1, 0.15) is 0 Å². The molecular weight excluding hydrogens is 218 g/mol. The van der Waals surface area contributed by atoms with E-state index in [1.54, 1.807) is 0 Å². The van der Waals surface area contributed by atoms with Crippen LogP contribution in [0.1, 0.15) is 19.3 Å². The first-order chi connectivity index (χ1) is 5.77. The molecule has 0 aromatic heterocycles. The maximum Gasteiger partial charge on any atom is 0.150 e. The Labute approximate surface area is 81.4 Å². The Balaban J connectivity index is 2.15. The Bertz CT molecular complexity index is 203. The predicted octanol–water partition coefficient (Wildman–Crippen LogP) is 1.44. The highest BCUT2D eigenvalue weighted by atomic mass is 79.9. The van der Waals surface area contributed by atoms with E-state index in [4.69, 9.17) is 0 Å². The minimum absolute atomic E-state index is 0.0434. The van der Waals surface area contributed by atoms with Gasteiger partial charge in [-0.05, 0) is 32.4 Å². The highest BCUT2D eigenvalue weighted by Crippen LogP contribution is 2.40. The lowest BCUT2D eigenvalue weighted by Crippen LogP contribution is -2.39. The van der Waals surface area contributed by atoms with Crippen molar-refractivity contribution in [3.63, 3.8) is 0 Å². The summed E-state index contributed by atoms with van der Waals surface area (Å²) in [6.07, 6.45) is 3.42. The highest BCUT2D eigenvalue weighted by molar-refractivity contribution is 9.09. The normalized spacial score (nSPS) is 39.9. The molecule has 0 spiro atoms. The van der Waals surface area contributed by atoms with E-state index in [-0.39, 0.29) is 5.41 Å². The molecule has 0 radical (unpaired) electrons. The van der Waals surface area contributed by atoms with Crippen molar-refractivity contribution in [3.05, 3.63) is 0 Å². The van der Waals surface area contributed by atoms with Gasteiger partial charge in [0.2, 0.25) is 0 Å². The lowest BCUT2D eigenvalue weighted by Gasteiger charge is -2.31. The van der Waals surface area contributed by atoms with Crippen molar-refractivity contribution >= 4 is 21.7 Å². The number of hydrogen-bond donors (Lipinski definition) is 0. The van der Waals surface area contributed by atoms with Gasteiger partial charge in [-0.1, -0.05) is 15.9 Å². The summed E-state index contributed by atoms with van der Waals surface area (Å²) < 4.78 is 0. The summed E-state index contributed by atoms with van der Waals surface area (Å²) in [5.41, 5.74) is 0.0434. The number of hydrogen-bond acceptors (Lipinski definition) is 2. The smallest absolute Gasteiger partial charge is 0.150 e. The summed E-state index contributed by atoms with van der Waals surface area (Å²) in [5, 5.41) is 0.542. The van der Waals surface area contributed by atoms with Gasteiger partial charge in [-0.3, -0.25) is 4.79 Å². The fraction of sp³-hybridized carbons (Fsp3) is 0.889. The molecule has 2 unspecified atom stereocenters. The van der Waals surface area contributed by atoms with Gasteiger partial charge in [-0.2, -0.15) is 0 Å². The number of rotatable bonds is 2. The van der Waals surface area contributed by atoms with Crippen molar-refractivity contribution in [3.8, 4) is 0 Å². The van der Waals surface area contributed by atoms with Crippen LogP contribution in [0.3, 0.4) is 0 Å². The molecule has 0 N–H and O–H groups in total. The number of alkyl halides is 1. The van der Waals surface area contributed by atoms with Gasteiger partial charge < -0.3 is 4.90 Å². The zero-order valence-corrected chi connectivity index (χ0v) is 8.77. The molecule has 2 fully saturated rings. The second-order valence-corrected chi connectivity index (χ2v) is 4.53. The number of ketones is 1. The van der Waals surface area contributed by atoms with Crippen LogP contribution in [0.15, 0.2) is 0 Å². The van der Waals surface area contributed by atoms with Crippen LogP contribution in [0.4, 0.5) is 0 Å². The Morgan fingerprint density at radius 2 is 2.25 bits per heavy atom. The van der Waals surface area contributed by atoms with E-state index in [9.17, 15) is 4.79 Å². The first kappa shape index (κ1) is 8.70. The SMILES string of the molecule is O=C(CBr)C12CCCN(CC1)C2. The van der Waals surface area contributed by atoms with Gasteiger partial charge >= 0.3 is 0 Å². The second-order valence-electron chi connectivity index (χ2n) is 3.97. The van der Waals surface area contributed by atoms with E-state index in [0.717, 1.165) is 25.9 Å². The fourth-order valence-corrected chi connectivity index (χ4v) is 3.10. The van der Waals surface area contributed by atoms with Crippen molar-refractivity contribution in [1.82, 2.24) is 4.90 Å². The van der Waals surface area contributed by atoms with Gasteiger partial charge in [0.15, 0.2) is 5.78 Å². The van der Waals surface area contributed by atoms with Crippen molar-refractivity contribution in [2.45, 2.75) is 19.3 Å². The van der Waals surface area contributed by atoms with Gasteiger partial charge in [-0.15, -0.1) is 0 Å². The molecule has 0 aromatic rings. The average molecular weight is 232 g/mol. The van der Waals surface area contributed by atoms with Crippen LogP contribution in [-0.2, 0) is 4.79 Å². The first-order valence-corrected chi connectivity index (χ1v) is 5.71. The standard InChI is InChI=1S/C9H14BrNO/c10-6-8(12)9-2-1-4-11(7-9)5-3-9/h1-7H2. The third-order valence-electron chi connectivity index (χ3n) is 3.28. The Kier molecular flexibility index (Phi) is 2.25. The minimum atomic E-state index is 0.0434. The van der Waals surface area contributed by atoms with E-state index in [0.29, 0.717) is 11.1 Å². The molecule has 2 atom stereocenters. The van der Waals surface area contributed by atoms with E-state index in [2.05, 4.69) is 20.8 Å². The van der Waals surface area contributed by atoms with Crippen LogP contribution in [0.5, 0.6) is 0 Å². The van der Waals surface area contributed by atoms with E-state index in [1.807, 2.05) is 0 Å².